The predicted octanol–water partition coefficient (Wildman–Crippen LogP) is 1.74. The van der Waals surface area contributed by atoms with Crippen LogP contribution in [-0.4, -0.2) is 20.2 Å². The monoisotopic (exact) mass is 258 g/mol. The molecule has 0 aliphatic carbocycles. The highest BCUT2D eigenvalue weighted by Crippen LogP contribution is 2.14. The van der Waals surface area contributed by atoms with Crippen molar-refractivity contribution in [2.24, 2.45) is 0 Å². The Morgan fingerprint density at radius 1 is 1.29 bits per heavy atom. The number of aromatic amines is 2. The summed E-state index contributed by atoms with van der Waals surface area (Å²) in [4.78, 5) is 17.9. The number of nitrogens with one attached hydrogen (secondary N) is 2. The Morgan fingerprint density at radius 3 is 2.57 bits per heavy atom. The minimum Gasteiger partial charge on any atom is -0.309 e. The molecule has 0 bridgehead atoms. The van der Waals surface area contributed by atoms with Gasteiger partial charge in [0.05, 0.1) is 0 Å². The van der Waals surface area contributed by atoms with Gasteiger partial charge in [-0.2, -0.15) is 5.10 Å². The Bertz CT molecular complexity index is 488. The predicted molar refractivity (Wildman–Crippen MR) is 58.3 cm³/mol. The zero-order chi connectivity index (χ0) is 10.7. The van der Waals surface area contributed by atoms with E-state index in [0.717, 1.165) is 0 Å². The van der Waals surface area contributed by atoms with Gasteiger partial charge in [0, 0.05) is 0 Å². The van der Waals surface area contributed by atoms with Crippen molar-refractivity contribution in [3.8, 4) is 0 Å². The van der Waals surface area contributed by atoms with Crippen LogP contribution in [0.2, 0.25) is 0 Å². The molecule has 2 rings (SSSR count). The Labute approximate surface area is 89.1 Å². The van der Waals surface area contributed by atoms with E-state index >= 15 is 0 Å². The zero-order valence-corrected chi connectivity index (χ0v) is 9.77. The third-order valence-electron chi connectivity index (χ3n) is 1.49. The molecule has 2 aromatic heterocycles. The molecular formula is C8H11BrN4O. The number of H-pyrrole nitrogens is 2. The van der Waals surface area contributed by atoms with Crippen LogP contribution in [0.1, 0.15) is 19.7 Å². The molecule has 0 aliphatic heterocycles. The zero-order valence-electron chi connectivity index (χ0n) is 8.18. The third kappa shape index (κ3) is 1.84. The molecule has 5 nitrogen and oxygen atoms in total. The summed E-state index contributed by atoms with van der Waals surface area (Å²) in [6, 6.07) is 0. The largest absolute Gasteiger partial charge is 0.309 e. The minimum atomic E-state index is -0.223. The molecule has 76 valence electrons. The van der Waals surface area contributed by atoms with Gasteiger partial charge in [-0.1, -0.05) is 13.8 Å². The third-order valence-corrected chi connectivity index (χ3v) is 2.04. The van der Waals surface area contributed by atoms with Crippen molar-refractivity contribution in [3.05, 3.63) is 20.8 Å². The van der Waals surface area contributed by atoms with Gasteiger partial charge in [-0.15, -0.1) is 0 Å². The molecule has 0 spiro atoms. The van der Waals surface area contributed by atoms with Gasteiger partial charge in [0.15, 0.2) is 5.52 Å². The molecular weight excluding hydrogens is 248 g/mol. The van der Waals surface area contributed by atoms with Crippen molar-refractivity contribution >= 4 is 27.0 Å². The van der Waals surface area contributed by atoms with Crippen LogP contribution in [0, 0.1) is 6.92 Å². The van der Waals surface area contributed by atoms with Gasteiger partial charge < -0.3 is 4.98 Å². The first-order valence-electron chi connectivity index (χ1n) is 4.29. The molecule has 2 N–H and O–H groups in total. The van der Waals surface area contributed by atoms with Crippen molar-refractivity contribution in [2.45, 2.75) is 20.8 Å². The van der Waals surface area contributed by atoms with Gasteiger partial charge in [-0.25, -0.2) is 4.98 Å². The number of aromatic nitrogens is 4. The molecule has 0 saturated carbocycles. The second kappa shape index (κ2) is 4.36. The van der Waals surface area contributed by atoms with Crippen LogP contribution in [0.15, 0.2) is 9.40 Å². The van der Waals surface area contributed by atoms with Gasteiger partial charge in [0.2, 0.25) is 0 Å². The second-order valence-corrected chi connectivity index (χ2v) is 3.18. The quantitative estimate of drug-likeness (QED) is 0.756. The summed E-state index contributed by atoms with van der Waals surface area (Å²) in [7, 11) is 0. The number of fused-ring (bicyclic) bond motifs is 1. The highest BCUT2D eigenvalue weighted by molar-refractivity contribution is 9.10. The number of aryl methyl sites for hydroxylation is 1. The molecule has 0 amide bonds. The van der Waals surface area contributed by atoms with Crippen molar-refractivity contribution < 1.29 is 0 Å². The fraction of sp³-hybridized carbons (Fsp3) is 0.375. The number of hydrogen-bond donors (Lipinski definition) is 2. The molecule has 0 aliphatic rings. The summed E-state index contributed by atoms with van der Waals surface area (Å²) in [5.74, 6) is 0.578. The average Bonchev–Trinajstić information content (AvgIpc) is 2.52. The average molecular weight is 259 g/mol. The van der Waals surface area contributed by atoms with Crippen molar-refractivity contribution in [3.63, 3.8) is 0 Å². The molecule has 0 saturated heterocycles. The summed E-state index contributed by atoms with van der Waals surface area (Å²) in [5.41, 5.74) is 0.670. The first-order valence-corrected chi connectivity index (χ1v) is 5.08. The summed E-state index contributed by atoms with van der Waals surface area (Å²) >= 11 is 3.20. The van der Waals surface area contributed by atoms with E-state index in [0.29, 0.717) is 21.5 Å². The van der Waals surface area contributed by atoms with E-state index in [1.807, 2.05) is 13.8 Å². The lowest BCUT2D eigenvalue weighted by Crippen LogP contribution is -2.09. The first kappa shape index (κ1) is 10.9. The normalized spacial score (nSPS) is 9.71. The summed E-state index contributed by atoms with van der Waals surface area (Å²) in [6.07, 6.45) is 0. The van der Waals surface area contributed by atoms with Crippen LogP contribution in [0.25, 0.3) is 11.0 Å². The van der Waals surface area contributed by atoms with Crippen molar-refractivity contribution in [1.82, 2.24) is 20.2 Å². The molecule has 14 heavy (non-hydrogen) atoms. The maximum absolute atomic E-state index is 11.2. The maximum atomic E-state index is 11.2. The molecule has 0 aromatic carbocycles. The Kier molecular flexibility index (Phi) is 3.40. The topological polar surface area (TPSA) is 74.4 Å². The van der Waals surface area contributed by atoms with Crippen molar-refractivity contribution in [2.75, 3.05) is 0 Å². The molecule has 2 aromatic rings. The van der Waals surface area contributed by atoms with E-state index in [1.54, 1.807) is 6.92 Å². The van der Waals surface area contributed by atoms with Gasteiger partial charge in [-0.05, 0) is 22.9 Å². The van der Waals surface area contributed by atoms with E-state index in [2.05, 4.69) is 36.1 Å². The lowest BCUT2D eigenvalue weighted by Gasteiger charge is -1.90. The lowest BCUT2D eigenvalue weighted by atomic mass is 10.4. The molecule has 0 fully saturated rings. The standard InChI is InChI=1S/C6H5BrN4O.C2H6/c1-2-8-3-4(6(12)9-2)10-11-5(3)7;1-2/h1H3,(H,10,11)(H,8,9,12);1-2H3. The fourth-order valence-electron chi connectivity index (χ4n) is 0.994. The van der Waals surface area contributed by atoms with E-state index < -0.39 is 0 Å². The van der Waals surface area contributed by atoms with Crippen molar-refractivity contribution in [1.29, 1.82) is 0 Å². The fourth-order valence-corrected chi connectivity index (χ4v) is 1.36. The highest BCUT2D eigenvalue weighted by atomic mass is 79.9. The SMILES string of the molecule is CC.Cc1nc2c(Br)[nH]nc2c(=O)[nH]1. The summed E-state index contributed by atoms with van der Waals surface area (Å²) in [5, 5.41) is 6.41. The van der Waals surface area contributed by atoms with Gasteiger partial charge in [0.25, 0.3) is 5.56 Å². The molecule has 2 heterocycles. The molecule has 0 unspecified atom stereocenters. The first-order chi connectivity index (χ1) is 6.68. The number of nitrogens with zero attached hydrogens (tertiary/aromatic N) is 2. The molecule has 6 heteroatoms. The smallest absolute Gasteiger partial charge is 0.279 e. The lowest BCUT2D eigenvalue weighted by molar-refractivity contribution is 1.05. The van der Waals surface area contributed by atoms with E-state index in [9.17, 15) is 4.79 Å². The number of rotatable bonds is 0. The van der Waals surface area contributed by atoms with E-state index in [-0.39, 0.29) is 5.56 Å². The van der Waals surface area contributed by atoms with E-state index in [1.165, 1.54) is 0 Å². The second-order valence-electron chi connectivity index (χ2n) is 2.39. The summed E-state index contributed by atoms with van der Waals surface area (Å²) < 4.78 is 0.631. The minimum absolute atomic E-state index is 0.223. The van der Waals surface area contributed by atoms with Crippen LogP contribution in [0.3, 0.4) is 0 Å². The van der Waals surface area contributed by atoms with Gasteiger partial charge in [0.1, 0.15) is 15.9 Å². The van der Waals surface area contributed by atoms with Crippen LogP contribution in [0.4, 0.5) is 0 Å². The van der Waals surface area contributed by atoms with Crippen LogP contribution in [-0.2, 0) is 0 Å². The number of halogens is 1. The van der Waals surface area contributed by atoms with E-state index in [4.69, 9.17) is 0 Å². The number of hydrogen-bond acceptors (Lipinski definition) is 3. The molecule has 0 atom stereocenters. The van der Waals surface area contributed by atoms with Crippen LogP contribution < -0.4 is 5.56 Å². The molecule has 0 radical (unpaired) electrons. The highest BCUT2D eigenvalue weighted by Gasteiger charge is 2.07. The van der Waals surface area contributed by atoms with Crippen LogP contribution >= 0.6 is 15.9 Å². The van der Waals surface area contributed by atoms with Crippen LogP contribution in [0.5, 0.6) is 0 Å². The Balaban J connectivity index is 0.000000461. The van der Waals surface area contributed by atoms with Gasteiger partial charge in [-0.3, -0.25) is 9.89 Å². The summed E-state index contributed by atoms with van der Waals surface area (Å²) in [6.45, 7) is 5.72. The Morgan fingerprint density at radius 2 is 1.93 bits per heavy atom. The van der Waals surface area contributed by atoms with Gasteiger partial charge >= 0.3 is 0 Å². The Hall–Kier alpha value is -1.17. The maximum Gasteiger partial charge on any atom is 0.279 e.